The summed E-state index contributed by atoms with van der Waals surface area (Å²) in [5.74, 6) is 0. The molecular weight excluding hydrogens is 160 g/mol. The van der Waals surface area contributed by atoms with Gasteiger partial charge in [0.25, 0.3) is 6.48 Å². The predicted molar refractivity (Wildman–Crippen MR) is 44.6 cm³/mol. The van der Waals surface area contributed by atoms with Crippen LogP contribution in [0.5, 0.6) is 0 Å². The van der Waals surface area contributed by atoms with E-state index >= 15 is 0 Å². The van der Waals surface area contributed by atoms with Gasteiger partial charge in [-0.2, -0.15) is 0 Å². The highest BCUT2D eigenvalue weighted by Gasteiger charge is 2.12. The first kappa shape index (κ1) is 11.8. The average molecular weight is 178 g/mol. The van der Waals surface area contributed by atoms with Gasteiger partial charge in [-0.05, 0) is 20.8 Å². The Hall–Kier alpha value is -0.160. The van der Waals surface area contributed by atoms with Crippen LogP contribution in [0.15, 0.2) is 0 Å². The zero-order valence-electron chi connectivity index (χ0n) is 8.37. The quantitative estimate of drug-likeness (QED) is 0.575. The van der Waals surface area contributed by atoms with Crippen LogP contribution in [0.2, 0.25) is 0 Å². The summed E-state index contributed by atoms with van der Waals surface area (Å²) < 4.78 is 20.1. The maximum absolute atomic E-state index is 5.30. The first-order valence-corrected chi connectivity index (χ1v) is 3.96. The van der Waals surface area contributed by atoms with Crippen LogP contribution in [0.3, 0.4) is 0 Å². The lowest BCUT2D eigenvalue weighted by atomic mass is 10.5. The third kappa shape index (κ3) is 5.49. The van der Waals surface area contributed by atoms with Gasteiger partial charge < -0.3 is 18.9 Å². The number of methoxy groups -OCH3 is 2. The summed E-state index contributed by atoms with van der Waals surface area (Å²) in [6.45, 7) is 5.02. The molecule has 1 atom stereocenters. The van der Waals surface area contributed by atoms with Gasteiger partial charge in [-0.3, -0.25) is 0 Å². The summed E-state index contributed by atoms with van der Waals surface area (Å²) in [6.07, 6.45) is -0.190. The zero-order chi connectivity index (χ0) is 9.56. The molecule has 0 saturated heterocycles. The van der Waals surface area contributed by atoms with E-state index in [1.165, 1.54) is 14.2 Å². The summed E-state index contributed by atoms with van der Waals surface area (Å²) in [5, 5.41) is 0. The van der Waals surface area contributed by atoms with Gasteiger partial charge in [-0.15, -0.1) is 0 Å². The fraction of sp³-hybridized carbons (Fsp3) is 1.00. The van der Waals surface area contributed by atoms with Crippen molar-refractivity contribution in [1.82, 2.24) is 0 Å². The van der Waals surface area contributed by atoms with E-state index in [0.717, 1.165) is 0 Å². The van der Waals surface area contributed by atoms with E-state index in [-0.39, 0.29) is 12.4 Å². The lowest BCUT2D eigenvalue weighted by molar-refractivity contribution is -0.326. The maximum atomic E-state index is 5.30. The summed E-state index contributed by atoms with van der Waals surface area (Å²) in [5.41, 5.74) is 0. The molecule has 0 aromatic carbocycles. The highest BCUT2D eigenvalue weighted by Crippen LogP contribution is 2.03. The Morgan fingerprint density at radius 2 is 1.33 bits per heavy atom. The standard InChI is InChI=1S/C8H18O4/c1-6(2)11-7(3)12-8(9-4)10-5/h6-8H,1-5H3. The topological polar surface area (TPSA) is 36.9 Å². The Balaban J connectivity index is 3.58. The molecule has 0 heterocycles. The van der Waals surface area contributed by atoms with Crippen LogP contribution < -0.4 is 0 Å². The molecule has 0 rings (SSSR count). The van der Waals surface area contributed by atoms with Gasteiger partial charge in [-0.1, -0.05) is 0 Å². The van der Waals surface area contributed by atoms with Gasteiger partial charge in [0.1, 0.15) is 0 Å². The van der Waals surface area contributed by atoms with E-state index in [1.807, 2.05) is 13.8 Å². The first-order valence-electron chi connectivity index (χ1n) is 3.96. The smallest absolute Gasteiger partial charge is 0.273 e. The van der Waals surface area contributed by atoms with Crippen molar-refractivity contribution in [3.05, 3.63) is 0 Å². The van der Waals surface area contributed by atoms with Crippen LogP contribution in [0.1, 0.15) is 20.8 Å². The predicted octanol–water partition coefficient (Wildman–Crippen LogP) is 1.35. The second-order valence-corrected chi connectivity index (χ2v) is 2.65. The van der Waals surface area contributed by atoms with Crippen LogP contribution in [-0.2, 0) is 18.9 Å². The minimum Gasteiger partial charge on any atom is -0.350 e. The molecule has 4 nitrogen and oxygen atoms in total. The van der Waals surface area contributed by atoms with E-state index in [0.29, 0.717) is 0 Å². The van der Waals surface area contributed by atoms with Crippen molar-refractivity contribution in [3.8, 4) is 0 Å². The largest absolute Gasteiger partial charge is 0.350 e. The summed E-state index contributed by atoms with van der Waals surface area (Å²) in [6, 6.07) is 0. The molecule has 0 saturated carbocycles. The van der Waals surface area contributed by atoms with E-state index < -0.39 is 6.48 Å². The fourth-order valence-electron chi connectivity index (χ4n) is 0.779. The van der Waals surface area contributed by atoms with E-state index in [9.17, 15) is 0 Å². The molecule has 0 aliphatic rings. The third-order valence-corrected chi connectivity index (χ3v) is 1.15. The number of hydrogen-bond acceptors (Lipinski definition) is 4. The molecule has 0 aliphatic heterocycles. The maximum Gasteiger partial charge on any atom is 0.273 e. The van der Waals surface area contributed by atoms with Gasteiger partial charge in [0.05, 0.1) is 6.10 Å². The van der Waals surface area contributed by atoms with Gasteiger partial charge >= 0.3 is 0 Å². The van der Waals surface area contributed by atoms with Gasteiger partial charge in [0.15, 0.2) is 6.29 Å². The molecule has 0 aromatic rings. The normalized spacial score (nSPS) is 14.2. The average Bonchev–Trinajstić information content (AvgIpc) is 1.98. The van der Waals surface area contributed by atoms with Crippen LogP contribution in [-0.4, -0.2) is 33.1 Å². The van der Waals surface area contributed by atoms with E-state index in [1.54, 1.807) is 6.92 Å². The third-order valence-electron chi connectivity index (χ3n) is 1.15. The Morgan fingerprint density at radius 1 is 0.833 bits per heavy atom. The minimum atomic E-state index is -0.654. The van der Waals surface area contributed by atoms with Crippen LogP contribution in [0.25, 0.3) is 0 Å². The Labute approximate surface area is 73.7 Å². The minimum absolute atomic E-state index is 0.134. The van der Waals surface area contributed by atoms with Crippen molar-refractivity contribution in [2.45, 2.75) is 39.6 Å². The molecule has 0 fully saturated rings. The number of hydrogen-bond donors (Lipinski definition) is 0. The second-order valence-electron chi connectivity index (χ2n) is 2.65. The van der Waals surface area contributed by atoms with Crippen molar-refractivity contribution in [3.63, 3.8) is 0 Å². The molecule has 0 aliphatic carbocycles. The monoisotopic (exact) mass is 178 g/mol. The first-order chi connectivity index (χ1) is 5.60. The molecule has 0 aromatic heterocycles. The van der Waals surface area contributed by atoms with Crippen molar-refractivity contribution < 1.29 is 18.9 Å². The van der Waals surface area contributed by atoms with Gasteiger partial charge in [0.2, 0.25) is 0 Å². The van der Waals surface area contributed by atoms with Crippen molar-refractivity contribution in [2.75, 3.05) is 14.2 Å². The zero-order valence-corrected chi connectivity index (χ0v) is 8.37. The molecule has 0 spiro atoms. The highest BCUT2D eigenvalue weighted by molar-refractivity contribution is 4.38. The van der Waals surface area contributed by atoms with Crippen molar-refractivity contribution in [2.24, 2.45) is 0 Å². The van der Waals surface area contributed by atoms with Gasteiger partial charge in [-0.25, -0.2) is 0 Å². The summed E-state index contributed by atoms with van der Waals surface area (Å²) in [4.78, 5) is 0. The lowest BCUT2D eigenvalue weighted by Gasteiger charge is -2.21. The molecule has 74 valence electrons. The van der Waals surface area contributed by atoms with Crippen LogP contribution in [0.4, 0.5) is 0 Å². The molecule has 0 N–H and O–H groups in total. The molecule has 12 heavy (non-hydrogen) atoms. The second kappa shape index (κ2) is 6.37. The van der Waals surface area contributed by atoms with Crippen molar-refractivity contribution in [1.29, 1.82) is 0 Å². The summed E-state index contributed by atoms with van der Waals surface area (Å²) >= 11 is 0. The molecule has 1 unspecified atom stereocenters. The molecule has 4 heteroatoms. The van der Waals surface area contributed by atoms with Crippen LogP contribution >= 0.6 is 0 Å². The van der Waals surface area contributed by atoms with Crippen molar-refractivity contribution >= 4 is 0 Å². The molecule has 0 bridgehead atoms. The Kier molecular flexibility index (Phi) is 6.28. The molecule has 0 radical (unpaired) electrons. The van der Waals surface area contributed by atoms with Crippen LogP contribution in [0, 0.1) is 0 Å². The fourth-order valence-corrected chi connectivity index (χ4v) is 0.779. The van der Waals surface area contributed by atoms with E-state index in [4.69, 9.17) is 18.9 Å². The van der Waals surface area contributed by atoms with Gasteiger partial charge in [0, 0.05) is 14.2 Å². The number of ether oxygens (including phenoxy) is 4. The van der Waals surface area contributed by atoms with E-state index in [2.05, 4.69) is 0 Å². The number of rotatable bonds is 6. The Bertz CT molecular complexity index is 101. The SMILES string of the molecule is COC(OC)OC(C)OC(C)C. The Morgan fingerprint density at radius 3 is 1.67 bits per heavy atom. The highest BCUT2D eigenvalue weighted by atomic mass is 16.9. The molecular formula is C8H18O4. The molecule has 0 amide bonds. The lowest BCUT2D eigenvalue weighted by Crippen LogP contribution is -2.27. The summed E-state index contributed by atoms with van der Waals surface area (Å²) in [7, 11) is 3.02.